The number of amides is 2. The maximum absolute atomic E-state index is 13.1. The van der Waals surface area contributed by atoms with Gasteiger partial charge in [0, 0.05) is 31.7 Å². The lowest BCUT2D eigenvalue weighted by Crippen LogP contribution is -2.49. The fourth-order valence-corrected chi connectivity index (χ4v) is 4.04. The molecule has 0 saturated carbocycles. The zero-order chi connectivity index (χ0) is 27.9. The van der Waals surface area contributed by atoms with E-state index in [-0.39, 0.29) is 37.8 Å². The fraction of sp³-hybridized carbons (Fsp3) is 0.269. The van der Waals surface area contributed by atoms with Gasteiger partial charge in [-0.15, -0.1) is 5.10 Å². The first kappa shape index (κ1) is 28.1. The van der Waals surface area contributed by atoms with Crippen LogP contribution in [-0.2, 0) is 12.6 Å². The van der Waals surface area contributed by atoms with E-state index in [1.54, 1.807) is 11.0 Å². The van der Waals surface area contributed by atoms with Gasteiger partial charge in [-0.3, -0.25) is 9.59 Å². The van der Waals surface area contributed by atoms with Gasteiger partial charge in [0.2, 0.25) is 5.91 Å². The average molecular weight is 530 g/mol. The predicted molar refractivity (Wildman–Crippen MR) is 133 cm³/mol. The molecule has 0 radical (unpaired) electrons. The zero-order valence-electron chi connectivity index (χ0n) is 20.5. The molecule has 2 amide bonds. The van der Waals surface area contributed by atoms with Crippen LogP contribution in [0.5, 0.6) is 0 Å². The number of carbonyl (C=O) groups is 3. The minimum atomic E-state index is -4.62. The molecule has 0 atom stereocenters. The maximum Gasteiger partial charge on any atom is 0.417 e. The highest BCUT2D eigenvalue weighted by atomic mass is 19.4. The van der Waals surface area contributed by atoms with Crippen molar-refractivity contribution >= 4 is 23.5 Å². The number of rotatable bonds is 5. The lowest BCUT2D eigenvalue weighted by Gasteiger charge is -2.36. The highest BCUT2D eigenvalue weighted by Gasteiger charge is 2.36. The Kier molecular flexibility index (Phi) is 9.00. The number of alkyl halides is 3. The van der Waals surface area contributed by atoms with E-state index in [1.807, 2.05) is 25.1 Å². The van der Waals surface area contributed by atoms with Gasteiger partial charge in [0.15, 0.2) is 5.69 Å². The molecule has 1 fully saturated rings. The Hall–Kier alpha value is -4.48. The van der Waals surface area contributed by atoms with Gasteiger partial charge in [-0.2, -0.15) is 18.3 Å². The Morgan fingerprint density at radius 1 is 0.947 bits per heavy atom. The van der Waals surface area contributed by atoms with Crippen molar-refractivity contribution in [2.24, 2.45) is 5.73 Å². The molecule has 1 aliphatic heterocycles. The monoisotopic (exact) mass is 529 g/mol. The zero-order valence-corrected chi connectivity index (χ0v) is 20.5. The van der Waals surface area contributed by atoms with Crippen molar-refractivity contribution in [3.63, 3.8) is 0 Å². The number of anilines is 1. The Morgan fingerprint density at radius 2 is 1.55 bits per heavy atom. The molecule has 1 saturated heterocycles. The number of carboxylic acid groups (broad SMARTS) is 1. The Bertz CT molecular complexity index is 1310. The third-order valence-electron chi connectivity index (χ3n) is 5.94. The molecule has 1 aliphatic rings. The molecule has 4 rings (SSSR count). The Labute approximate surface area is 216 Å². The molecule has 3 aromatic rings. The van der Waals surface area contributed by atoms with Crippen molar-refractivity contribution in [3.05, 3.63) is 88.7 Å². The van der Waals surface area contributed by atoms with E-state index >= 15 is 0 Å². The van der Waals surface area contributed by atoms with Gasteiger partial charge in [-0.1, -0.05) is 37.3 Å². The summed E-state index contributed by atoms with van der Waals surface area (Å²) in [4.78, 5) is 37.7. The first-order valence-electron chi connectivity index (χ1n) is 11.7. The lowest BCUT2D eigenvalue weighted by atomic mass is 10.1. The quantitative estimate of drug-likeness (QED) is 0.517. The molecule has 0 bridgehead atoms. The molecular weight excluding hydrogens is 503 g/mol. The smallest absolute Gasteiger partial charge is 0.417 e. The molecule has 2 heterocycles. The third-order valence-corrected chi connectivity index (χ3v) is 5.94. The van der Waals surface area contributed by atoms with Crippen molar-refractivity contribution in [1.82, 2.24) is 15.1 Å². The van der Waals surface area contributed by atoms with Crippen LogP contribution >= 0.6 is 0 Å². The molecule has 12 heteroatoms. The average Bonchev–Trinajstić information content (AvgIpc) is 2.92. The van der Waals surface area contributed by atoms with Crippen molar-refractivity contribution in [2.45, 2.75) is 19.5 Å². The highest BCUT2D eigenvalue weighted by molar-refractivity contribution is 5.96. The second kappa shape index (κ2) is 12.2. The van der Waals surface area contributed by atoms with Gasteiger partial charge in [0.25, 0.3) is 5.91 Å². The summed E-state index contributed by atoms with van der Waals surface area (Å²) in [6, 6.07) is 13.6. The highest BCUT2D eigenvalue weighted by Crippen LogP contribution is 2.32. The molecule has 2 aromatic carbocycles. The number of carboxylic acids is 1. The summed E-state index contributed by atoms with van der Waals surface area (Å²) in [5, 5.41) is 16.3. The summed E-state index contributed by atoms with van der Waals surface area (Å²) in [6.07, 6.45) is -2.41. The normalized spacial score (nSPS) is 13.4. The van der Waals surface area contributed by atoms with Crippen molar-refractivity contribution in [1.29, 1.82) is 0 Å². The second-order valence-electron chi connectivity index (χ2n) is 8.27. The number of piperazine rings is 1. The summed E-state index contributed by atoms with van der Waals surface area (Å²) >= 11 is 0. The summed E-state index contributed by atoms with van der Waals surface area (Å²) in [5.41, 5.74) is 5.59. The van der Waals surface area contributed by atoms with Crippen LogP contribution < -0.4 is 10.6 Å². The van der Waals surface area contributed by atoms with Gasteiger partial charge in [-0.05, 0) is 36.2 Å². The van der Waals surface area contributed by atoms with Crippen LogP contribution in [0.15, 0.2) is 60.8 Å². The number of nitrogens with two attached hydrogens (primary N) is 1. The summed E-state index contributed by atoms with van der Waals surface area (Å²) in [5.74, 6) is -2.27. The van der Waals surface area contributed by atoms with E-state index in [4.69, 9.17) is 5.73 Å². The van der Waals surface area contributed by atoms with Crippen LogP contribution in [0.25, 0.3) is 0 Å². The Morgan fingerprint density at radius 3 is 2.11 bits per heavy atom. The summed E-state index contributed by atoms with van der Waals surface area (Å²) in [7, 11) is 0. The van der Waals surface area contributed by atoms with E-state index in [0.717, 1.165) is 24.1 Å². The van der Waals surface area contributed by atoms with Crippen molar-refractivity contribution in [3.8, 4) is 0 Å². The number of nitrogens with zero attached hydrogens (tertiary/aromatic N) is 4. The van der Waals surface area contributed by atoms with E-state index in [9.17, 15) is 32.7 Å². The number of aromatic carboxylic acids is 1. The lowest BCUT2D eigenvalue weighted by molar-refractivity contribution is -0.138. The van der Waals surface area contributed by atoms with Gasteiger partial charge in [0.05, 0.1) is 23.0 Å². The number of aryl methyl sites for hydroxylation is 1. The molecule has 38 heavy (non-hydrogen) atoms. The van der Waals surface area contributed by atoms with Crippen LogP contribution in [0.3, 0.4) is 0 Å². The van der Waals surface area contributed by atoms with Crippen LogP contribution in [-0.4, -0.2) is 64.2 Å². The number of primary amides is 1. The fourth-order valence-electron chi connectivity index (χ4n) is 4.04. The van der Waals surface area contributed by atoms with Crippen LogP contribution in [0.4, 0.5) is 18.9 Å². The molecule has 9 nitrogen and oxygen atoms in total. The van der Waals surface area contributed by atoms with Gasteiger partial charge in [-0.25, -0.2) is 4.79 Å². The van der Waals surface area contributed by atoms with Gasteiger partial charge < -0.3 is 20.6 Å². The first-order chi connectivity index (χ1) is 18.0. The third kappa shape index (κ3) is 6.64. The van der Waals surface area contributed by atoms with E-state index < -0.39 is 29.2 Å². The van der Waals surface area contributed by atoms with Gasteiger partial charge >= 0.3 is 12.1 Å². The number of aromatic nitrogens is 2. The van der Waals surface area contributed by atoms with Crippen LogP contribution in [0, 0.1) is 0 Å². The molecule has 1 aromatic heterocycles. The molecule has 3 N–H and O–H groups in total. The standard InChI is InChI=1S/C17H15F3N4O3.C9H11NO/c18-17(19,20)12-4-2-1-3-11(12)15(25)24-9-7-23(8-10-24)13-5-6-21-22-14(13)16(26)27;1-2-7-5-3-4-6-8(7)9(10)11/h1-6H,7-10H2,(H,26,27);3-6H,2H2,1H3,(H2,10,11). The van der Waals surface area contributed by atoms with E-state index in [2.05, 4.69) is 10.2 Å². The minimum absolute atomic E-state index is 0.159. The second-order valence-corrected chi connectivity index (χ2v) is 8.27. The molecular formula is C26H26F3N5O4. The van der Waals surface area contributed by atoms with Crippen molar-refractivity contribution < 1.29 is 32.7 Å². The minimum Gasteiger partial charge on any atom is -0.476 e. The topological polar surface area (TPSA) is 130 Å². The summed E-state index contributed by atoms with van der Waals surface area (Å²) in [6.45, 7) is 2.86. The van der Waals surface area contributed by atoms with Crippen LogP contribution in [0.1, 0.15) is 49.3 Å². The van der Waals surface area contributed by atoms with Crippen LogP contribution in [0.2, 0.25) is 0 Å². The first-order valence-corrected chi connectivity index (χ1v) is 11.7. The number of carbonyl (C=O) groups excluding carboxylic acids is 2. The van der Waals surface area contributed by atoms with Crippen molar-refractivity contribution in [2.75, 3.05) is 31.1 Å². The predicted octanol–water partition coefficient (Wildman–Crippen LogP) is 3.50. The number of benzene rings is 2. The SMILES string of the molecule is CCc1ccccc1C(N)=O.O=C(O)c1nnccc1N1CCN(C(=O)c2ccccc2C(F)(F)F)CC1. The summed E-state index contributed by atoms with van der Waals surface area (Å²) < 4.78 is 39.4. The number of hydrogen-bond donors (Lipinski definition) is 2. The number of halogens is 3. The largest absolute Gasteiger partial charge is 0.476 e. The van der Waals surface area contributed by atoms with E-state index in [1.165, 1.54) is 29.3 Å². The molecule has 0 spiro atoms. The Balaban J connectivity index is 0.000000304. The number of hydrogen-bond acceptors (Lipinski definition) is 6. The molecule has 0 unspecified atom stereocenters. The van der Waals surface area contributed by atoms with Gasteiger partial charge in [0.1, 0.15) is 0 Å². The molecule has 200 valence electrons. The maximum atomic E-state index is 13.1. The van der Waals surface area contributed by atoms with E-state index in [0.29, 0.717) is 11.3 Å². The molecule has 0 aliphatic carbocycles.